The van der Waals surface area contributed by atoms with Crippen LogP contribution in [0.15, 0.2) is 21.9 Å². The number of nitrogens with zero attached hydrogens (tertiary/aromatic N) is 1. The number of H-pyrrole nitrogens is 1. The van der Waals surface area contributed by atoms with E-state index in [9.17, 15) is 33.0 Å². The highest BCUT2D eigenvalue weighted by molar-refractivity contribution is 5.07. The lowest BCUT2D eigenvalue weighted by atomic mass is 9.93. The molecule has 21 heavy (non-hydrogen) atoms. The smallest absolute Gasteiger partial charge is 0.394 e. The lowest BCUT2D eigenvalue weighted by Gasteiger charge is -2.33. The SMILES string of the molecule is O=c1ccn([C@@H]2O[C@H](CO)[C@@H](O)[C@]2(O)C(F)(F)F)c(=O)[nH]1. The lowest BCUT2D eigenvalue weighted by molar-refractivity contribution is -0.304. The Bertz CT molecular complexity index is 641. The van der Waals surface area contributed by atoms with Crippen LogP contribution in [0, 0.1) is 0 Å². The summed E-state index contributed by atoms with van der Waals surface area (Å²) in [5, 5.41) is 28.3. The van der Waals surface area contributed by atoms with Gasteiger partial charge in [-0.25, -0.2) is 4.79 Å². The van der Waals surface area contributed by atoms with E-state index in [1.807, 2.05) is 0 Å². The topological polar surface area (TPSA) is 125 Å². The number of aromatic amines is 1. The van der Waals surface area contributed by atoms with E-state index >= 15 is 0 Å². The lowest BCUT2D eigenvalue weighted by Crippen LogP contribution is -2.58. The molecule has 4 N–H and O–H groups in total. The van der Waals surface area contributed by atoms with E-state index in [2.05, 4.69) is 0 Å². The quantitative estimate of drug-likeness (QED) is 0.504. The van der Waals surface area contributed by atoms with Crippen molar-refractivity contribution in [1.29, 1.82) is 0 Å². The second-order valence-electron chi connectivity index (χ2n) is 4.49. The maximum absolute atomic E-state index is 13.1. The number of aromatic nitrogens is 2. The van der Waals surface area contributed by atoms with Gasteiger partial charge in [-0.15, -0.1) is 0 Å². The van der Waals surface area contributed by atoms with Gasteiger partial charge in [-0.3, -0.25) is 14.3 Å². The van der Waals surface area contributed by atoms with Crippen molar-refractivity contribution in [3.8, 4) is 0 Å². The number of halogens is 3. The number of nitrogens with one attached hydrogen (secondary N) is 1. The Morgan fingerprint density at radius 2 is 2.05 bits per heavy atom. The van der Waals surface area contributed by atoms with E-state index in [4.69, 9.17) is 9.84 Å². The Balaban J connectivity index is 2.60. The number of aliphatic hydroxyl groups is 3. The highest BCUT2D eigenvalue weighted by Crippen LogP contribution is 2.47. The molecule has 1 saturated heterocycles. The molecule has 1 aliphatic rings. The molecule has 0 saturated carbocycles. The molecule has 0 bridgehead atoms. The van der Waals surface area contributed by atoms with Crippen LogP contribution in [-0.2, 0) is 4.74 Å². The van der Waals surface area contributed by atoms with Crippen LogP contribution in [-0.4, -0.2) is 55.5 Å². The first-order valence-corrected chi connectivity index (χ1v) is 5.68. The summed E-state index contributed by atoms with van der Waals surface area (Å²) in [5.41, 5.74) is -5.94. The average molecular weight is 312 g/mol. The minimum Gasteiger partial charge on any atom is -0.394 e. The third-order valence-corrected chi connectivity index (χ3v) is 3.22. The number of rotatable bonds is 2. The Hall–Kier alpha value is -1.69. The van der Waals surface area contributed by atoms with Crippen LogP contribution >= 0.6 is 0 Å². The van der Waals surface area contributed by atoms with Crippen molar-refractivity contribution < 1.29 is 33.2 Å². The minimum absolute atomic E-state index is 0.285. The van der Waals surface area contributed by atoms with Gasteiger partial charge in [-0.1, -0.05) is 0 Å². The highest BCUT2D eigenvalue weighted by Gasteiger charge is 2.70. The molecule has 8 nitrogen and oxygen atoms in total. The summed E-state index contributed by atoms with van der Waals surface area (Å²) in [6.45, 7) is -1.01. The molecule has 0 amide bonds. The molecular weight excluding hydrogens is 301 g/mol. The Kier molecular flexibility index (Phi) is 3.70. The molecular formula is C10H11F3N2O6. The van der Waals surface area contributed by atoms with E-state index in [0.717, 1.165) is 6.07 Å². The van der Waals surface area contributed by atoms with E-state index in [0.29, 0.717) is 6.20 Å². The van der Waals surface area contributed by atoms with Gasteiger partial charge < -0.3 is 20.1 Å². The zero-order chi connectivity index (χ0) is 16.0. The zero-order valence-electron chi connectivity index (χ0n) is 10.2. The number of hydrogen-bond donors (Lipinski definition) is 4. The van der Waals surface area contributed by atoms with Crippen LogP contribution in [0.4, 0.5) is 13.2 Å². The first-order valence-electron chi connectivity index (χ1n) is 5.68. The molecule has 0 radical (unpaired) electrons. The average Bonchev–Trinajstić information content (AvgIpc) is 2.63. The zero-order valence-corrected chi connectivity index (χ0v) is 10.2. The molecule has 0 aliphatic carbocycles. The highest BCUT2D eigenvalue weighted by atomic mass is 19.4. The molecule has 1 aliphatic heterocycles. The predicted molar refractivity (Wildman–Crippen MR) is 59.3 cm³/mol. The van der Waals surface area contributed by atoms with Crippen molar-refractivity contribution >= 4 is 0 Å². The molecule has 1 aromatic rings. The van der Waals surface area contributed by atoms with E-state index in [1.54, 1.807) is 4.98 Å². The Labute approximate surface area is 114 Å². The summed E-state index contributed by atoms with van der Waals surface area (Å²) in [7, 11) is 0. The van der Waals surface area contributed by atoms with Gasteiger partial charge >= 0.3 is 11.9 Å². The van der Waals surface area contributed by atoms with Gasteiger partial charge in [-0.2, -0.15) is 13.2 Å². The predicted octanol–water partition coefficient (Wildman–Crippen LogP) is -1.92. The Morgan fingerprint density at radius 3 is 2.52 bits per heavy atom. The molecule has 0 aromatic carbocycles. The summed E-state index contributed by atoms with van der Waals surface area (Å²) >= 11 is 0. The molecule has 2 rings (SSSR count). The third kappa shape index (κ3) is 2.27. The molecule has 4 atom stereocenters. The third-order valence-electron chi connectivity index (χ3n) is 3.22. The van der Waals surface area contributed by atoms with Crippen LogP contribution in [0.3, 0.4) is 0 Å². The first kappa shape index (κ1) is 15.7. The van der Waals surface area contributed by atoms with Crippen LogP contribution in [0.1, 0.15) is 6.23 Å². The molecule has 0 unspecified atom stereocenters. The number of aliphatic hydroxyl groups excluding tert-OH is 2. The molecule has 1 fully saturated rings. The van der Waals surface area contributed by atoms with E-state index < -0.39 is 48.1 Å². The van der Waals surface area contributed by atoms with Gasteiger partial charge in [0.1, 0.15) is 12.2 Å². The fourth-order valence-electron chi connectivity index (χ4n) is 2.11. The van der Waals surface area contributed by atoms with Crippen LogP contribution in [0.5, 0.6) is 0 Å². The summed E-state index contributed by atoms with van der Waals surface area (Å²) < 4.78 is 44.3. The molecule has 2 heterocycles. The Morgan fingerprint density at radius 1 is 1.43 bits per heavy atom. The van der Waals surface area contributed by atoms with Crippen molar-refractivity contribution in [2.45, 2.75) is 30.2 Å². The van der Waals surface area contributed by atoms with Gasteiger partial charge in [0.2, 0.25) is 5.60 Å². The fourth-order valence-corrected chi connectivity index (χ4v) is 2.11. The van der Waals surface area contributed by atoms with Crippen LogP contribution in [0.2, 0.25) is 0 Å². The summed E-state index contributed by atoms with van der Waals surface area (Å²) in [4.78, 5) is 24.2. The van der Waals surface area contributed by atoms with Gasteiger partial charge in [-0.05, 0) is 0 Å². The second-order valence-corrected chi connectivity index (χ2v) is 4.49. The van der Waals surface area contributed by atoms with Gasteiger partial charge in [0.05, 0.1) is 6.61 Å². The maximum atomic E-state index is 13.1. The van der Waals surface area contributed by atoms with Gasteiger partial charge in [0.25, 0.3) is 5.56 Å². The number of hydrogen-bond acceptors (Lipinski definition) is 6. The molecule has 1 aromatic heterocycles. The van der Waals surface area contributed by atoms with Crippen molar-refractivity contribution in [2.75, 3.05) is 6.61 Å². The van der Waals surface area contributed by atoms with Crippen molar-refractivity contribution in [2.24, 2.45) is 0 Å². The van der Waals surface area contributed by atoms with Gasteiger partial charge in [0, 0.05) is 12.3 Å². The molecule has 0 spiro atoms. The van der Waals surface area contributed by atoms with Gasteiger partial charge in [0.15, 0.2) is 6.23 Å². The standard InChI is InChI=1S/C10H11F3N2O6/c11-10(12,13)9(20)6(18)4(3-16)21-7(9)15-2-1-5(17)14-8(15)19/h1-2,4,6-7,16,18,20H,3H2,(H,14,17,19)/t4-,6-,7-,9-/m1/s1. The number of ether oxygens (including phenoxy) is 1. The molecule has 118 valence electrons. The summed E-state index contributed by atoms with van der Waals surface area (Å²) in [6.07, 6.45) is -11.3. The van der Waals surface area contributed by atoms with Crippen molar-refractivity contribution in [1.82, 2.24) is 9.55 Å². The summed E-state index contributed by atoms with van der Waals surface area (Å²) in [6, 6.07) is 0.750. The summed E-state index contributed by atoms with van der Waals surface area (Å²) in [5.74, 6) is 0. The van der Waals surface area contributed by atoms with E-state index in [-0.39, 0.29) is 4.57 Å². The first-order chi connectivity index (χ1) is 9.62. The minimum atomic E-state index is -5.35. The van der Waals surface area contributed by atoms with Crippen LogP contribution < -0.4 is 11.2 Å². The van der Waals surface area contributed by atoms with Crippen LogP contribution in [0.25, 0.3) is 0 Å². The second kappa shape index (κ2) is 4.94. The normalized spacial score (nSPS) is 33.3. The van der Waals surface area contributed by atoms with Crippen molar-refractivity contribution in [3.05, 3.63) is 33.1 Å². The van der Waals surface area contributed by atoms with Crippen molar-refractivity contribution in [3.63, 3.8) is 0 Å². The monoisotopic (exact) mass is 312 g/mol. The maximum Gasteiger partial charge on any atom is 0.424 e. The van der Waals surface area contributed by atoms with E-state index in [1.165, 1.54) is 0 Å². The number of alkyl halides is 3. The molecule has 11 heteroatoms. The fraction of sp³-hybridized carbons (Fsp3) is 0.600. The largest absolute Gasteiger partial charge is 0.424 e.